The van der Waals surface area contributed by atoms with Crippen LogP contribution in [-0.2, 0) is 6.42 Å². The molecule has 0 fully saturated rings. The van der Waals surface area contributed by atoms with Crippen molar-refractivity contribution in [2.24, 2.45) is 0 Å². The summed E-state index contributed by atoms with van der Waals surface area (Å²) in [4.78, 5) is 15.7. The number of carbonyl (C=O) groups is 1. The van der Waals surface area contributed by atoms with Crippen molar-refractivity contribution in [3.8, 4) is 0 Å². The molecule has 0 saturated heterocycles. The second kappa shape index (κ2) is 5.93. The zero-order valence-corrected chi connectivity index (χ0v) is 9.84. The van der Waals surface area contributed by atoms with Gasteiger partial charge < -0.3 is 10.4 Å². The number of benzene rings is 1. The van der Waals surface area contributed by atoms with Gasteiger partial charge in [0, 0.05) is 30.3 Å². The highest BCUT2D eigenvalue weighted by Gasteiger charge is 2.04. The Bertz CT molecular complexity index is 509. The molecule has 4 nitrogen and oxygen atoms in total. The van der Waals surface area contributed by atoms with Crippen molar-refractivity contribution in [3.05, 3.63) is 59.9 Å². The van der Waals surface area contributed by atoms with Gasteiger partial charge in [-0.3, -0.25) is 9.78 Å². The van der Waals surface area contributed by atoms with E-state index in [1.807, 2.05) is 24.3 Å². The number of aliphatic hydroxyl groups is 1. The maximum atomic E-state index is 11.8. The van der Waals surface area contributed by atoms with Gasteiger partial charge in [-0.25, -0.2) is 0 Å². The third-order valence-electron chi connectivity index (χ3n) is 2.55. The molecule has 0 saturated carbocycles. The number of aromatic nitrogens is 1. The molecule has 0 radical (unpaired) electrons. The van der Waals surface area contributed by atoms with E-state index in [4.69, 9.17) is 5.11 Å². The molecule has 0 atom stereocenters. The summed E-state index contributed by atoms with van der Waals surface area (Å²) in [5, 5.41) is 11.6. The van der Waals surface area contributed by atoms with E-state index in [0.29, 0.717) is 12.0 Å². The molecule has 0 aliphatic rings. The Morgan fingerprint density at radius 2 is 1.78 bits per heavy atom. The van der Waals surface area contributed by atoms with Crippen molar-refractivity contribution >= 4 is 11.6 Å². The second-order valence-corrected chi connectivity index (χ2v) is 3.86. The fourth-order valence-electron chi connectivity index (χ4n) is 1.59. The first-order chi connectivity index (χ1) is 8.79. The molecular weight excluding hydrogens is 228 g/mol. The number of carbonyl (C=O) groups excluding carboxylic acids is 1. The number of rotatable bonds is 4. The lowest BCUT2D eigenvalue weighted by Crippen LogP contribution is -2.11. The summed E-state index contributed by atoms with van der Waals surface area (Å²) < 4.78 is 0. The van der Waals surface area contributed by atoms with Crippen LogP contribution in [0, 0.1) is 0 Å². The number of amides is 1. The minimum absolute atomic E-state index is 0.128. The SMILES string of the molecule is O=C(Nc1ccc(CCO)cc1)c1ccncc1. The molecule has 0 aliphatic heterocycles. The van der Waals surface area contributed by atoms with Crippen LogP contribution in [0.2, 0.25) is 0 Å². The largest absolute Gasteiger partial charge is 0.396 e. The lowest BCUT2D eigenvalue weighted by Gasteiger charge is -2.06. The molecule has 92 valence electrons. The standard InChI is InChI=1S/C14H14N2O2/c17-10-7-11-1-3-13(4-2-11)16-14(18)12-5-8-15-9-6-12/h1-6,8-9,17H,7,10H2,(H,16,18). The predicted molar refractivity (Wildman–Crippen MR) is 69.4 cm³/mol. The van der Waals surface area contributed by atoms with Crippen LogP contribution < -0.4 is 5.32 Å². The van der Waals surface area contributed by atoms with E-state index in [0.717, 1.165) is 11.3 Å². The van der Waals surface area contributed by atoms with Crippen LogP contribution in [-0.4, -0.2) is 22.6 Å². The molecule has 18 heavy (non-hydrogen) atoms. The number of pyridine rings is 1. The third-order valence-corrected chi connectivity index (χ3v) is 2.55. The van der Waals surface area contributed by atoms with E-state index in [1.165, 1.54) is 0 Å². The van der Waals surface area contributed by atoms with Crippen LogP contribution in [0.3, 0.4) is 0 Å². The summed E-state index contributed by atoms with van der Waals surface area (Å²) in [6.07, 6.45) is 3.79. The Kier molecular flexibility index (Phi) is 4.04. The molecule has 1 aromatic carbocycles. The van der Waals surface area contributed by atoms with Gasteiger partial charge >= 0.3 is 0 Å². The van der Waals surface area contributed by atoms with Crippen molar-refractivity contribution < 1.29 is 9.90 Å². The molecule has 0 unspecified atom stereocenters. The quantitative estimate of drug-likeness (QED) is 0.860. The number of nitrogens with one attached hydrogen (secondary N) is 1. The van der Waals surface area contributed by atoms with Gasteiger partial charge in [0.05, 0.1) is 0 Å². The first-order valence-corrected chi connectivity index (χ1v) is 5.71. The normalized spacial score (nSPS) is 10.1. The van der Waals surface area contributed by atoms with Gasteiger partial charge in [-0.05, 0) is 36.2 Å². The highest BCUT2D eigenvalue weighted by molar-refractivity contribution is 6.04. The Morgan fingerprint density at radius 1 is 1.11 bits per heavy atom. The van der Waals surface area contributed by atoms with E-state index in [9.17, 15) is 4.79 Å². The lowest BCUT2D eigenvalue weighted by molar-refractivity contribution is 0.102. The number of hydrogen-bond donors (Lipinski definition) is 2. The van der Waals surface area contributed by atoms with Crippen LogP contribution >= 0.6 is 0 Å². The fourth-order valence-corrected chi connectivity index (χ4v) is 1.59. The molecule has 0 spiro atoms. The highest BCUT2D eigenvalue weighted by Crippen LogP contribution is 2.11. The number of aliphatic hydroxyl groups excluding tert-OH is 1. The lowest BCUT2D eigenvalue weighted by atomic mass is 10.1. The monoisotopic (exact) mass is 242 g/mol. The average molecular weight is 242 g/mol. The summed E-state index contributed by atoms with van der Waals surface area (Å²) >= 11 is 0. The summed E-state index contributed by atoms with van der Waals surface area (Å²) in [7, 11) is 0. The topological polar surface area (TPSA) is 62.2 Å². The van der Waals surface area contributed by atoms with E-state index in [2.05, 4.69) is 10.3 Å². The summed E-state index contributed by atoms with van der Waals surface area (Å²) in [6.45, 7) is 0.128. The van der Waals surface area contributed by atoms with Crippen LogP contribution in [0.15, 0.2) is 48.8 Å². The van der Waals surface area contributed by atoms with Gasteiger partial charge in [0.2, 0.25) is 0 Å². The van der Waals surface area contributed by atoms with Gasteiger partial charge in [-0.15, -0.1) is 0 Å². The maximum Gasteiger partial charge on any atom is 0.255 e. The second-order valence-electron chi connectivity index (χ2n) is 3.86. The summed E-state index contributed by atoms with van der Waals surface area (Å²) in [5.74, 6) is -0.160. The third kappa shape index (κ3) is 3.15. The molecule has 2 N–H and O–H groups in total. The Balaban J connectivity index is 2.03. The molecule has 4 heteroatoms. The van der Waals surface area contributed by atoms with Gasteiger partial charge in [0.1, 0.15) is 0 Å². The van der Waals surface area contributed by atoms with Crippen LogP contribution in [0.1, 0.15) is 15.9 Å². The molecule has 1 heterocycles. The Labute approximate surface area is 105 Å². The Morgan fingerprint density at radius 3 is 2.39 bits per heavy atom. The minimum Gasteiger partial charge on any atom is -0.396 e. The van der Waals surface area contributed by atoms with Crippen molar-refractivity contribution in [2.75, 3.05) is 11.9 Å². The molecular formula is C14H14N2O2. The predicted octanol–water partition coefficient (Wildman–Crippen LogP) is 1.87. The molecule has 1 amide bonds. The maximum absolute atomic E-state index is 11.8. The number of hydrogen-bond acceptors (Lipinski definition) is 3. The highest BCUT2D eigenvalue weighted by atomic mass is 16.2. The molecule has 0 bridgehead atoms. The summed E-state index contributed by atoms with van der Waals surface area (Å²) in [5.41, 5.74) is 2.35. The zero-order chi connectivity index (χ0) is 12.8. The van der Waals surface area contributed by atoms with Crippen LogP contribution in [0.25, 0.3) is 0 Å². The van der Waals surface area contributed by atoms with Crippen LogP contribution in [0.4, 0.5) is 5.69 Å². The van der Waals surface area contributed by atoms with Crippen molar-refractivity contribution in [1.82, 2.24) is 4.98 Å². The minimum atomic E-state index is -0.160. The smallest absolute Gasteiger partial charge is 0.255 e. The first-order valence-electron chi connectivity index (χ1n) is 5.71. The average Bonchev–Trinajstić information content (AvgIpc) is 2.42. The number of nitrogens with zero attached hydrogens (tertiary/aromatic N) is 1. The molecule has 2 rings (SSSR count). The van der Waals surface area contributed by atoms with Gasteiger partial charge in [-0.2, -0.15) is 0 Å². The van der Waals surface area contributed by atoms with Crippen molar-refractivity contribution in [3.63, 3.8) is 0 Å². The fraction of sp³-hybridized carbons (Fsp3) is 0.143. The Hall–Kier alpha value is -2.20. The van der Waals surface area contributed by atoms with E-state index >= 15 is 0 Å². The van der Waals surface area contributed by atoms with E-state index in [1.54, 1.807) is 24.5 Å². The van der Waals surface area contributed by atoms with Crippen LogP contribution in [0.5, 0.6) is 0 Å². The van der Waals surface area contributed by atoms with Crippen molar-refractivity contribution in [2.45, 2.75) is 6.42 Å². The number of anilines is 1. The summed E-state index contributed by atoms with van der Waals surface area (Å²) in [6, 6.07) is 10.7. The van der Waals surface area contributed by atoms with Gasteiger partial charge in [-0.1, -0.05) is 12.1 Å². The zero-order valence-electron chi connectivity index (χ0n) is 9.84. The van der Waals surface area contributed by atoms with E-state index < -0.39 is 0 Å². The van der Waals surface area contributed by atoms with E-state index in [-0.39, 0.29) is 12.5 Å². The first kappa shape index (κ1) is 12.3. The molecule has 1 aromatic heterocycles. The molecule has 2 aromatic rings. The van der Waals surface area contributed by atoms with Crippen molar-refractivity contribution in [1.29, 1.82) is 0 Å². The van der Waals surface area contributed by atoms with Gasteiger partial charge in [0.25, 0.3) is 5.91 Å². The van der Waals surface area contributed by atoms with Gasteiger partial charge in [0.15, 0.2) is 0 Å². The molecule has 0 aliphatic carbocycles.